The van der Waals surface area contributed by atoms with Crippen LogP contribution in [0.3, 0.4) is 0 Å². The molecule has 0 aromatic carbocycles. The van der Waals surface area contributed by atoms with Gasteiger partial charge in [-0.1, -0.05) is 0 Å². The highest BCUT2D eigenvalue weighted by molar-refractivity contribution is 5.88. The van der Waals surface area contributed by atoms with Gasteiger partial charge in [0.1, 0.15) is 0 Å². The fourth-order valence-corrected chi connectivity index (χ4v) is 1.79. The molecule has 1 unspecified atom stereocenters. The molecule has 0 aliphatic carbocycles. The molecule has 1 atom stereocenters. The minimum absolute atomic E-state index is 0.159. The fourth-order valence-electron chi connectivity index (χ4n) is 1.79. The number of urea groups is 1. The second kappa shape index (κ2) is 5.18. The molecule has 1 aromatic heterocycles. The first-order valence-corrected chi connectivity index (χ1v) is 5.82. The summed E-state index contributed by atoms with van der Waals surface area (Å²) in [5.41, 5.74) is 0.999. The Kier molecular flexibility index (Phi) is 3.63. The molecule has 0 radical (unpaired) electrons. The van der Waals surface area contributed by atoms with Gasteiger partial charge in [0.2, 0.25) is 0 Å². The third-order valence-corrected chi connectivity index (χ3v) is 2.87. The molecule has 1 aliphatic rings. The van der Waals surface area contributed by atoms with Gasteiger partial charge < -0.3 is 10.1 Å². The highest BCUT2D eigenvalue weighted by Gasteiger charge is 2.16. The number of nitrogens with one attached hydrogen (secondary N) is 2. The topological polar surface area (TPSA) is 68.2 Å². The maximum atomic E-state index is 11.6. The van der Waals surface area contributed by atoms with Crippen LogP contribution in [0.1, 0.15) is 18.5 Å². The Bertz CT molecular complexity index is 377. The lowest BCUT2D eigenvalue weighted by molar-refractivity contribution is 0.112. The second-order valence-electron chi connectivity index (χ2n) is 4.26. The van der Waals surface area contributed by atoms with Crippen molar-refractivity contribution in [2.24, 2.45) is 7.05 Å². The van der Waals surface area contributed by atoms with E-state index >= 15 is 0 Å². The highest BCUT2D eigenvalue weighted by atomic mass is 16.5. The van der Waals surface area contributed by atoms with E-state index in [1.165, 1.54) is 0 Å². The van der Waals surface area contributed by atoms with Gasteiger partial charge in [-0.05, 0) is 19.8 Å². The molecule has 17 heavy (non-hydrogen) atoms. The number of hydrogen-bond acceptors (Lipinski definition) is 3. The summed E-state index contributed by atoms with van der Waals surface area (Å²) >= 11 is 0. The van der Waals surface area contributed by atoms with E-state index in [1.54, 1.807) is 4.68 Å². The third kappa shape index (κ3) is 3.20. The first-order chi connectivity index (χ1) is 8.15. The van der Waals surface area contributed by atoms with Crippen molar-refractivity contribution in [2.45, 2.75) is 25.9 Å². The van der Waals surface area contributed by atoms with Crippen LogP contribution in [0.4, 0.5) is 10.6 Å². The normalized spacial score (nSPS) is 19.3. The molecular weight excluding hydrogens is 220 g/mol. The summed E-state index contributed by atoms with van der Waals surface area (Å²) in [6.45, 7) is 3.29. The molecule has 94 valence electrons. The van der Waals surface area contributed by atoms with E-state index in [4.69, 9.17) is 4.74 Å². The van der Waals surface area contributed by atoms with Crippen LogP contribution in [0.15, 0.2) is 6.07 Å². The maximum Gasteiger partial charge on any atom is 0.320 e. The predicted molar refractivity (Wildman–Crippen MR) is 63.9 cm³/mol. The fraction of sp³-hybridized carbons (Fsp3) is 0.636. The van der Waals surface area contributed by atoms with Crippen LogP contribution in [-0.2, 0) is 11.8 Å². The molecule has 2 rings (SSSR count). The number of amides is 2. The lowest BCUT2D eigenvalue weighted by atomic mass is 10.2. The summed E-state index contributed by atoms with van der Waals surface area (Å²) in [5.74, 6) is 0.565. The molecule has 0 saturated carbocycles. The lowest BCUT2D eigenvalue weighted by Gasteiger charge is -2.10. The number of rotatable bonds is 3. The Hall–Kier alpha value is -1.56. The monoisotopic (exact) mass is 238 g/mol. The highest BCUT2D eigenvalue weighted by Crippen LogP contribution is 2.10. The Morgan fingerprint density at radius 2 is 2.53 bits per heavy atom. The number of hydrogen-bond donors (Lipinski definition) is 2. The van der Waals surface area contributed by atoms with Crippen LogP contribution in [-0.4, -0.2) is 35.1 Å². The van der Waals surface area contributed by atoms with E-state index in [1.807, 2.05) is 20.0 Å². The van der Waals surface area contributed by atoms with Crippen LogP contribution < -0.4 is 10.6 Å². The third-order valence-electron chi connectivity index (χ3n) is 2.87. The van der Waals surface area contributed by atoms with E-state index < -0.39 is 0 Å². The molecular formula is C11H18N4O2. The molecule has 1 aliphatic heterocycles. The number of aryl methyl sites for hydroxylation is 2. The summed E-state index contributed by atoms with van der Waals surface area (Å²) in [6, 6.07) is 1.59. The Morgan fingerprint density at radius 3 is 3.12 bits per heavy atom. The smallest absolute Gasteiger partial charge is 0.320 e. The number of carbonyl (C=O) groups is 1. The van der Waals surface area contributed by atoms with Gasteiger partial charge in [0.25, 0.3) is 0 Å². The molecule has 1 fully saturated rings. The Morgan fingerprint density at radius 1 is 1.71 bits per heavy atom. The van der Waals surface area contributed by atoms with Gasteiger partial charge in [-0.25, -0.2) is 4.79 Å². The lowest BCUT2D eigenvalue weighted by Crippen LogP contribution is -2.35. The van der Waals surface area contributed by atoms with Gasteiger partial charge in [-0.15, -0.1) is 0 Å². The van der Waals surface area contributed by atoms with Crippen LogP contribution in [0, 0.1) is 6.92 Å². The maximum absolute atomic E-state index is 11.6. The number of aromatic nitrogens is 2. The van der Waals surface area contributed by atoms with Gasteiger partial charge in [0.15, 0.2) is 5.82 Å². The van der Waals surface area contributed by atoms with E-state index in [0.717, 1.165) is 25.1 Å². The summed E-state index contributed by atoms with van der Waals surface area (Å²) in [5, 5.41) is 9.61. The predicted octanol–water partition coefficient (Wildman–Crippen LogP) is 1.03. The van der Waals surface area contributed by atoms with E-state index in [9.17, 15) is 4.79 Å². The molecule has 0 bridgehead atoms. The number of nitrogens with zero attached hydrogens (tertiary/aromatic N) is 2. The zero-order valence-corrected chi connectivity index (χ0v) is 10.2. The number of carbonyl (C=O) groups excluding carboxylic acids is 1. The first kappa shape index (κ1) is 11.9. The van der Waals surface area contributed by atoms with E-state index in [2.05, 4.69) is 15.7 Å². The number of ether oxygens (including phenoxy) is 1. The Balaban J connectivity index is 1.76. The van der Waals surface area contributed by atoms with Crippen molar-refractivity contribution in [3.05, 3.63) is 11.8 Å². The van der Waals surface area contributed by atoms with Gasteiger partial charge in [0, 0.05) is 32.0 Å². The molecule has 6 heteroatoms. The van der Waals surface area contributed by atoms with Gasteiger partial charge >= 0.3 is 6.03 Å². The van der Waals surface area contributed by atoms with Crippen LogP contribution >= 0.6 is 0 Å². The second-order valence-corrected chi connectivity index (χ2v) is 4.26. The summed E-state index contributed by atoms with van der Waals surface area (Å²) < 4.78 is 7.13. The first-order valence-electron chi connectivity index (χ1n) is 5.82. The largest absolute Gasteiger partial charge is 0.376 e. The summed E-state index contributed by atoms with van der Waals surface area (Å²) in [6.07, 6.45) is 2.25. The van der Waals surface area contributed by atoms with Gasteiger partial charge in [-0.3, -0.25) is 10.00 Å². The minimum atomic E-state index is -0.237. The van der Waals surface area contributed by atoms with Gasteiger partial charge in [-0.2, -0.15) is 5.10 Å². The standard InChI is InChI=1S/C11H18N4O2/c1-8-6-10(14-15(8)2)13-11(16)12-7-9-4-3-5-17-9/h6,9H,3-5,7H2,1-2H3,(H2,12,13,14,16). The molecule has 1 saturated heterocycles. The van der Waals surface area contributed by atoms with Crippen molar-refractivity contribution in [1.82, 2.24) is 15.1 Å². The quantitative estimate of drug-likeness (QED) is 0.826. The van der Waals surface area contributed by atoms with Crippen molar-refractivity contribution in [3.63, 3.8) is 0 Å². The molecule has 2 amide bonds. The minimum Gasteiger partial charge on any atom is -0.376 e. The SMILES string of the molecule is Cc1cc(NC(=O)NCC2CCCO2)nn1C. The van der Waals surface area contributed by atoms with Crippen molar-refractivity contribution in [3.8, 4) is 0 Å². The van der Waals surface area contributed by atoms with Crippen molar-refractivity contribution < 1.29 is 9.53 Å². The van der Waals surface area contributed by atoms with Crippen LogP contribution in [0.5, 0.6) is 0 Å². The molecule has 6 nitrogen and oxygen atoms in total. The summed E-state index contributed by atoms with van der Waals surface area (Å²) in [4.78, 5) is 11.6. The average Bonchev–Trinajstić information content (AvgIpc) is 2.87. The van der Waals surface area contributed by atoms with Crippen molar-refractivity contribution >= 4 is 11.8 Å². The molecule has 1 aromatic rings. The van der Waals surface area contributed by atoms with E-state index in [0.29, 0.717) is 12.4 Å². The van der Waals surface area contributed by atoms with Crippen molar-refractivity contribution in [1.29, 1.82) is 0 Å². The van der Waals surface area contributed by atoms with E-state index in [-0.39, 0.29) is 12.1 Å². The molecule has 2 heterocycles. The van der Waals surface area contributed by atoms with Crippen LogP contribution in [0.2, 0.25) is 0 Å². The molecule has 2 N–H and O–H groups in total. The van der Waals surface area contributed by atoms with Crippen LogP contribution in [0.25, 0.3) is 0 Å². The zero-order chi connectivity index (χ0) is 12.3. The zero-order valence-electron chi connectivity index (χ0n) is 10.2. The average molecular weight is 238 g/mol. The number of anilines is 1. The summed E-state index contributed by atoms with van der Waals surface area (Å²) in [7, 11) is 1.84. The van der Waals surface area contributed by atoms with Crippen molar-refractivity contribution in [2.75, 3.05) is 18.5 Å². The Labute approximate surface area is 100 Å². The molecule has 0 spiro atoms. The van der Waals surface area contributed by atoms with Gasteiger partial charge in [0.05, 0.1) is 6.10 Å².